The molecule has 5 heteroatoms. The number of methoxy groups -OCH3 is 1. The highest BCUT2D eigenvalue weighted by molar-refractivity contribution is 5.67. The molecule has 1 amide bonds. The van der Waals surface area contributed by atoms with Gasteiger partial charge in [-0.05, 0) is 26.3 Å². The van der Waals surface area contributed by atoms with Gasteiger partial charge in [0.05, 0.1) is 19.3 Å². The second-order valence-corrected chi connectivity index (χ2v) is 5.74. The number of hydrogen-bond acceptors (Lipinski definition) is 4. The van der Waals surface area contributed by atoms with E-state index in [0.29, 0.717) is 19.8 Å². The summed E-state index contributed by atoms with van der Waals surface area (Å²) in [5.74, 6) is 0. The van der Waals surface area contributed by atoms with E-state index in [1.807, 2.05) is 51.1 Å². The fraction of sp³-hybridized carbons (Fsp3) is 0.562. The molecule has 1 rings (SSSR count). The Morgan fingerprint density at radius 3 is 2.48 bits per heavy atom. The van der Waals surface area contributed by atoms with Gasteiger partial charge in [-0.3, -0.25) is 0 Å². The number of amides is 1. The monoisotopic (exact) mass is 295 g/mol. The number of benzene rings is 1. The molecule has 1 unspecified atom stereocenters. The third-order valence-corrected chi connectivity index (χ3v) is 2.62. The number of carbonyl (C=O) groups excluding carboxylic acids is 1. The van der Waals surface area contributed by atoms with E-state index < -0.39 is 11.7 Å². The van der Waals surface area contributed by atoms with Crippen molar-refractivity contribution in [2.45, 2.75) is 39.1 Å². The molecule has 1 atom stereocenters. The lowest BCUT2D eigenvalue weighted by atomic mass is 10.2. The van der Waals surface area contributed by atoms with Gasteiger partial charge in [0.1, 0.15) is 5.60 Å². The van der Waals surface area contributed by atoms with Crippen molar-refractivity contribution in [1.29, 1.82) is 0 Å². The number of hydrogen-bond donors (Lipinski definition) is 1. The first kappa shape index (κ1) is 17.5. The number of ether oxygens (including phenoxy) is 3. The second kappa shape index (κ2) is 8.64. The zero-order chi connectivity index (χ0) is 15.7. The van der Waals surface area contributed by atoms with Gasteiger partial charge in [-0.2, -0.15) is 0 Å². The van der Waals surface area contributed by atoms with Gasteiger partial charge in [0.2, 0.25) is 0 Å². The Kier molecular flexibility index (Phi) is 7.19. The second-order valence-electron chi connectivity index (χ2n) is 5.74. The summed E-state index contributed by atoms with van der Waals surface area (Å²) in [6, 6.07) is 9.90. The van der Waals surface area contributed by atoms with Gasteiger partial charge < -0.3 is 19.5 Å². The topological polar surface area (TPSA) is 56.8 Å². The van der Waals surface area contributed by atoms with Crippen LogP contribution in [0, 0.1) is 0 Å². The standard InChI is InChI=1S/C16H25NO4/c1-16(2,3)21-15(18)17-10-14(19-4)12-20-11-13-8-6-5-7-9-13/h5-9,14H,10-12H2,1-4H3,(H,17,18). The summed E-state index contributed by atoms with van der Waals surface area (Å²) in [7, 11) is 1.59. The molecule has 0 aliphatic heterocycles. The van der Waals surface area contributed by atoms with Crippen molar-refractivity contribution in [2.24, 2.45) is 0 Å². The Hall–Kier alpha value is -1.59. The van der Waals surface area contributed by atoms with E-state index >= 15 is 0 Å². The van der Waals surface area contributed by atoms with E-state index in [-0.39, 0.29) is 6.10 Å². The van der Waals surface area contributed by atoms with E-state index in [1.165, 1.54) is 0 Å². The summed E-state index contributed by atoms with van der Waals surface area (Å²) >= 11 is 0. The largest absolute Gasteiger partial charge is 0.444 e. The van der Waals surface area contributed by atoms with Crippen LogP contribution in [0.2, 0.25) is 0 Å². The van der Waals surface area contributed by atoms with Crippen molar-refractivity contribution in [2.75, 3.05) is 20.3 Å². The first-order valence-electron chi connectivity index (χ1n) is 7.02. The Morgan fingerprint density at radius 2 is 1.90 bits per heavy atom. The van der Waals surface area contributed by atoms with Gasteiger partial charge in [-0.25, -0.2) is 4.79 Å². The number of carbonyl (C=O) groups is 1. The van der Waals surface area contributed by atoms with E-state index in [1.54, 1.807) is 7.11 Å². The van der Waals surface area contributed by atoms with Crippen LogP contribution in [0.25, 0.3) is 0 Å². The van der Waals surface area contributed by atoms with Crippen LogP contribution in [0.5, 0.6) is 0 Å². The van der Waals surface area contributed by atoms with Crippen LogP contribution in [0.4, 0.5) is 4.79 Å². The van der Waals surface area contributed by atoms with Crippen molar-refractivity contribution in [3.8, 4) is 0 Å². The highest BCUT2D eigenvalue weighted by Gasteiger charge is 2.17. The molecule has 0 fully saturated rings. The average molecular weight is 295 g/mol. The summed E-state index contributed by atoms with van der Waals surface area (Å²) in [4.78, 5) is 11.5. The maximum absolute atomic E-state index is 11.5. The average Bonchev–Trinajstić information content (AvgIpc) is 2.42. The Morgan fingerprint density at radius 1 is 1.24 bits per heavy atom. The van der Waals surface area contributed by atoms with Gasteiger partial charge >= 0.3 is 6.09 Å². The molecule has 0 saturated heterocycles. The van der Waals surface area contributed by atoms with E-state index in [4.69, 9.17) is 14.2 Å². The molecule has 118 valence electrons. The minimum Gasteiger partial charge on any atom is -0.444 e. The Bertz CT molecular complexity index is 414. The molecular weight excluding hydrogens is 270 g/mol. The molecule has 0 aliphatic rings. The third-order valence-electron chi connectivity index (χ3n) is 2.62. The van der Waals surface area contributed by atoms with Gasteiger partial charge in [-0.15, -0.1) is 0 Å². The summed E-state index contributed by atoms with van der Waals surface area (Å²) < 4.78 is 16.0. The van der Waals surface area contributed by atoms with Crippen molar-refractivity contribution in [3.63, 3.8) is 0 Å². The minimum atomic E-state index is -0.504. The molecule has 1 N–H and O–H groups in total. The van der Waals surface area contributed by atoms with Crippen LogP contribution in [0.1, 0.15) is 26.3 Å². The molecule has 0 bridgehead atoms. The Balaban J connectivity index is 2.24. The molecule has 21 heavy (non-hydrogen) atoms. The van der Waals surface area contributed by atoms with E-state index in [9.17, 15) is 4.79 Å². The zero-order valence-corrected chi connectivity index (χ0v) is 13.2. The van der Waals surface area contributed by atoms with Crippen molar-refractivity contribution < 1.29 is 19.0 Å². The van der Waals surface area contributed by atoms with E-state index in [0.717, 1.165) is 5.56 Å². The lowest BCUT2D eigenvalue weighted by Gasteiger charge is -2.21. The fourth-order valence-corrected chi connectivity index (χ4v) is 1.60. The van der Waals surface area contributed by atoms with Gasteiger partial charge in [0.15, 0.2) is 0 Å². The van der Waals surface area contributed by atoms with E-state index in [2.05, 4.69) is 5.32 Å². The smallest absolute Gasteiger partial charge is 0.407 e. The SMILES string of the molecule is COC(CNC(=O)OC(C)(C)C)COCc1ccccc1. The zero-order valence-electron chi connectivity index (χ0n) is 13.2. The maximum atomic E-state index is 11.5. The fourth-order valence-electron chi connectivity index (χ4n) is 1.60. The van der Waals surface area contributed by atoms with Crippen LogP contribution < -0.4 is 5.32 Å². The molecule has 0 aromatic heterocycles. The lowest BCUT2D eigenvalue weighted by molar-refractivity contribution is -0.000419. The summed E-state index contributed by atoms with van der Waals surface area (Å²) in [6.45, 7) is 6.74. The van der Waals surface area contributed by atoms with Crippen molar-refractivity contribution >= 4 is 6.09 Å². The molecule has 0 radical (unpaired) electrons. The molecule has 1 aromatic carbocycles. The quantitative estimate of drug-likeness (QED) is 0.840. The van der Waals surface area contributed by atoms with Gasteiger partial charge in [0, 0.05) is 13.7 Å². The van der Waals surface area contributed by atoms with Crippen LogP contribution in [0.15, 0.2) is 30.3 Å². The molecule has 0 spiro atoms. The number of rotatable bonds is 7. The molecule has 0 heterocycles. The normalized spacial score (nSPS) is 12.8. The summed E-state index contributed by atoms with van der Waals surface area (Å²) in [6.07, 6.45) is -0.658. The highest BCUT2D eigenvalue weighted by atomic mass is 16.6. The van der Waals surface area contributed by atoms with Crippen LogP contribution in [-0.2, 0) is 20.8 Å². The Labute approximate surface area is 126 Å². The van der Waals surface area contributed by atoms with Crippen LogP contribution >= 0.6 is 0 Å². The maximum Gasteiger partial charge on any atom is 0.407 e. The summed E-state index contributed by atoms with van der Waals surface area (Å²) in [5.41, 5.74) is 0.601. The molecule has 1 aromatic rings. The van der Waals surface area contributed by atoms with Gasteiger partial charge in [0.25, 0.3) is 0 Å². The predicted octanol–water partition coefficient (Wildman–Crippen LogP) is 2.74. The molecular formula is C16H25NO4. The number of alkyl carbamates (subject to hydrolysis) is 1. The third kappa shape index (κ3) is 8.32. The highest BCUT2D eigenvalue weighted by Crippen LogP contribution is 2.06. The summed E-state index contributed by atoms with van der Waals surface area (Å²) in [5, 5.41) is 2.67. The molecule has 5 nitrogen and oxygen atoms in total. The van der Waals surface area contributed by atoms with Crippen molar-refractivity contribution in [3.05, 3.63) is 35.9 Å². The van der Waals surface area contributed by atoms with Gasteiger partial charge in [-0.1, -0.05) is 30.3 Å². The van der Waals surface area contributed by atoms with Crippen LogP contribution in [0.3, 0.4) is 0 Å². The molecule has 0 aliphatic carbocycles. The van der Waals surface area contributed by atoms with Crippen molar-refractivity contribution in [1.82, 2.24) is 5.32 Å². The number of nitrogens with one attached hydrogen (secondary N) is 1. The molecule has 0 saturated carbocycles. The first-order chi connectivity index (χ1) is 9.90. The predicted molar refractivity (Wildman–Crippen MR) is 81.1 cm³/mol. The van der Waals surface area contributed by atoms with Crippen LogP contribution in [-0.4, -0.2) is 38.1 Å². The minimum absolute atomic E-state index is 0.207. The lowest BCUT2D eigenvalue weighted by Crippen LogP contribution is -2.39. The first-order valence-corrected chi connectivity index (χ1v) is 7.02.